The largest absolute Gasteiger partial charge is 0.495 e. The van der Waals surface area contributed by atoms with Crippen LogP contribution in [0.2, 0.25) is 5.02 Å². The van der Waals surface area contributed by atoms with Gasteiger partial charge in [-0.2, -0.15) is 5.26 Å². The van der Waals surface area contributed by atoms with Crippen molar-refractivity contribution in [3.63, 3.8) is 0 Å². The van der Waals surface area contributed by atoms with E-state index in [9.17, 15) is 4.79 Å². The first kappa shape index (κ1) is 16.0. The monoisotopic (exact) mass is 312 g/mol. The van der Waals surface area contributed by atoms with Crippen molar-refractivity contribution in [3.8, 4) is 11.8 Å². The summed E-state index contributed by atoms with van der Waals surface area (Å²) in [6.07, 6.45) is -0.251. The van der Waals surface area contributed by atoms with E-state index in [2.05, 4.69) is 16.2 Å². The van der Waals surface area contributed by atoms with E-state index in [1.807, 2.05) is 6.92 Å². The highest BCUT2D eigenvalue weighted by atomic mass is 35.5. The van der Waals surface area contributed by atoms with Crippen LogP contribution < -0.4 is 20.9 Å². The predicted molar refractivity (Wildman–Crippen MR) is 80.5 cm³/mol. The molecule has 0 saturated carbocycles. The van der Waals surface area contributed by atoms with Crippen LogP contribution in [0.1, 0.15) is 12.0 Å². The quantitative estimate of drug-likeness (QED) is 0.584. The van der Waals surface area contributed by atoms with Crippen LogP contribution in [0.5, 0.6) is 5.75 Å². The van der Waals surface area contributed by atoms with Gasteiger partial charge in [-0.05, 0) is 30.8 Å². The molecule has 0 atom stereocenters. The van der Waals surface area contributed by atoms with Crippen LogP contribution in [0, 0.1) is 18.3 Å². The number of hydrogen-bond acceptors (Lipinski definition) is 4. The summed E-state index contributed by atoms with van der Waals surface area (Å²) in [7, 11) is 1.51. The summed E-state index contributed by atoms with van der Waals surface area (Å²) in [4.78, 5) is 11.1. The molecule has 106 valence electrons. The van der Waals surface area contributed by atoms with E-state index in [4.69, 9.17) is 33.8 Å². The van der Waals surface area contributed by atoms with Crippen molar-refractivity contribution in [1.29, 1.82) is 5.26 Å². The molecule has 6 nitrogen and oxygen atoms in total. The van der Waals surface area contributed by atoms with Crippen molar-refractivity contribution in [2.45, 2.75) is 13.3 Å². The maximum Gasteiger partial charge on any atom is 0.252 e. The fourth-order valence-electron chi connectivity index (χ4n) is 1.33. The summed E-state index contributed by atoms with van der Waals surface area (Å²) in [5.41, 5.74) is 6.23. The first-order valence-electron chi connectivity index (χ1n) is 5.55. The average Bonchev–Trinajstić information content (AvgIpc) is 2.40. The molecule has 0 bridgehead atoms. The van der Waals surface area contributed by atoms with Crippen LogP contribution in [0.4, 0.5) is 5.69 Å². The number of nitrogens with zero attached hydrogens (tertiary/aromatic N) is 1. The van der Waals surface area contributed by atoms with E-state index >= 15 is 0 Å². The number of nitrogens with one attached hydrogen (secondary N) is 3. The zero-order valence-corrected chi connectivity index (χ0v) is 12.5. The molecule has 8 heteroatoms. The number of nitriles is 1. The standard InChI is InChI=1S/C12H13ClN4O2S/c1-7-5-9(10(19-2)6-8(7)13)15-12(20)17-16-11(18)3-4-14/h5-6H,3H2,1-2H3,(H,16,18)(H2,15,17,20). The molecule has 0 aliphatic carbocycles. The minimum atomic E-state index is -0.476. The number of benzene rings is 1. The Morgan fingerprint density at radius 2 is 2.20 bits per heavy atom. The molecular weight excluding hydrogens is 300 g/mol. The molecule has 0 unspecified atom stereocenters. The van der Waals surface area contributed by atoms with Crippen LogP contribution in [0.25, 0.3) is 0 Å². The van der Waals surface area contributed by atoms with Crippen LogP contribution in [0.15, 0.2) is 12.1 Å². The molecule has 0 fully saturated rings. The van der Waals surface area contributed by atoms with Crippen molar-refractivity contribution in [2.75, 3.05) is 12.4 Å². The second-order valence-electron chi connectivity index (χ2n) is 3.76. The summed E-state index contributed by atoms with van der Waals surface area (Å²) in [5.74, 6) is 0.0454. The van der Waals surface area contributed by atoms with Gasteiger partial charge >= 0.3 is 0 Å². The Morgan fingerprint density at radius 1 is 1.50 bits per heavy atom. The molecule has 3 N–H and O–H groups in total. The highest BCUT2D eigenvalue weighted by molar-refractivity contribution is 7.80. The number of aryl methyl sites for hydroxylation is 1. The van der Waals surface area contributed by atoms with Gasteiger partial charge in [-0.3, -0.25) is 15.6 Å². The van der Waals surface area contributed by atoms with Gasteiger partial charge in [0.25, 0.3) is 5.91 Å². The molecule has 0 spiro atoms. The number of hydrogen-bond donors (Lipinski definition) is 3. The van der Waals surface area contributed by atoms with Crippen LogP contribution in [0.3, 0.4) is 0 Å². The molecular formula is C12H13ClN4O2S. The van der Waals surface area contributed by atoms with Gasteiger partial charge in [0.05, 0.1) is 18.9 Å². The Hall–Kier alpha value is -2.04. The summed E-state index contributed by atoms with van der Waals surface area (Å²) < 4.78 is 5.18. The Balaban J connectivity index is 2.69. The number of methoxy groups -OCH3 is 1. The van der Waals surface area contributed by atoms with Gasteiger partial charge in [0.2, 0.25) is 0 Å². The second-order valence-corrected chi connectivity index (χ2v) is 4.58. The summed E-state index contributed by atoms with van der Waals surface area (Å²) in [5, 5.41) is 12.0. The topological polar surface area (TPSA) is 86.2 Å². The van der Waals surface area contributed by atoms with E-state index in [1.54, 1.807) is 18.2 Å². The van der Waals surface area contributed by atoms with Gasteiger partial charge in [0.15, 0.2) is 5.11 Å². The van der Waals surface area contributed by atoms with Crippen LogP contribution in [-0.2, 0) is 4.79 Å². The number of rotatable bonds is 3. The number of halogens is 1. The van der Waals surface area contributed by atoms with E-state index in [0.29, 0.717) is 16.5 Å². The van der Waals surface area contributed by atoms with Crippen molar-refractivity contribution >= 4 is 40.5 Å². The molecule has 1 rings (SSSR count). The third-order valence-corrected chi connectivity index (χ3v) is 2.90. The van der Waals surface area contributed by atoms with Crippen LogP contribution in [-0.4, -0.2) is 18.1 Å². The lowest BCUT2D eigenvalue weighted by molar-refractivity contribution is -0.120. The second kappa shape index (κ2) is 7.53. The maximum atomic E-state index is 11.1. The molecule has 1 amide bonds. The Labute approximate surface area is 127 Å². The zero-order valence-electron chi connectivity index (χ0n) is 10.9. The lowest BCUT2D eigenvalue weighted by atomic mass is 10.2. The van der Waals surface area contributed by atoms with Gasteiger partial charge in [-0.25, -0.2) is 0 Å². The van der Waals surface area contributed by atoms with Gasteiger partial charge in [-0.15, -0.1) is 0 Å². The minimum absolute atomic E-state index is 0.163. The van der Waals surface area contributed by atoms with Gasteiger partial charge < -0.3 is 10.1 Å². The zero-order chi connectivity index (χ0) is 15.1. The normalized spacial score (nSPS) is 9.30. The van der Waals surface area contributed by atoms with Gasteiger partial charge in [0, 0.05) is 11.1 Å². The maximum absolute atomic E-state index is 11.1. The molecule has 0 radical (unpaired) electrons. The minimum Gasteiger partial charge on any atom is -0.495 e. The average molecular weight is 313 g/mol. The van der Waals surface area contributed by atoms with Crippen molar-refractivity contribution < 1.29 is 9.53 Å². The smallest absolute Gasteiger partial charge is 0.252 e. The van der Waals surface area contributed by atoms with Gasteiger partial charge in [0.1, 0.15) is 12.2 Å². The SMILES string of the molecule is COc1cc(Cl)c(C)cc1NC(=S)NNC(=O)CC#N. The number of thiocarbonyl (C=S) groups is 1. The molecule has 0 saturated heterocycles. The number of carbonyl (C=O) groups is 1. The Bertz CT molecular complexity index is 571. The number of amides is 1. The molecule has 1 aromatic carbocycles. The molecule has 0 heterocycles. The van der Waals surface area contributed by atoms with Crippen molar-refractivity contribution in [1.82, 2.24) is 10.9 Å². The highest BCUT2D eigenvalue weighted by Gasteiger charge is 2.09. The van der Waals surface area contributed by atoms with E-state index < -0.39 is 5.91 Å². The first-order chi connectivity index (χ1) is 9.47. The summed E-state index contributed by atoms with van der Waals surface area (Å²) in [6.45, 7) is 1.85. The molecule has 0 aliphatic rings. The fraction of sp³-hybridized carbons (Fsp3) is 0.250. The molecule has 0 aromatic heterocycles. The number of ether oxygens (including phenoxy) is 1. The lowest BCUT2D eigenvalue weighted by Gasteiger charge is -2.14. The number of carbonyl (C=O) groups excluding carboxylic acids is 1. The lowest BCUT2D eigenvalue weighted by Crippen LogP contribution is -2.43. The van der Waals surface area contributed by atoms with Gasteiger partial charge in [-0.1, -0.05) is 11.6 Å². The molecule has 20 heavy (non-hydrogen) atoms. The third-order valence-electron chi connectivity index (χ3n) is 2.28. The van der Waals surface area contributed by atoms with E-state index in [-0.39, 0.29) is 11.5 Å². The fourth-order valence-corrected chi connectivity index (χ4v) is 1.64. The number of anilines is 1. The molecule has 0 aliphatic heterocycles. The third kappa shape index (κ3) is 4.57. The van der Waals surface area contributed by atoms with Crippen molar-refractivity contribution in [2.24, 2.45) is 0 Å². The number of hydrazine groups is 1. The van der Waals surface area contributed by atoms with E-state index in [0.717, 1.165) is 5.56 Å². The first-order valence-corrected chi connectivity index (χ1v) is 6.33. The van der Waals surface area contributed by atoms with Crippen molar-refractivity contribution in [3.05, 3.63) is 22.7 Å². The summed E-state index contributed by atoms with van der Waals surface area (Å²) in [6, 6.07) is 5.16. The highest BCUT2D eigenvalue weighted by Crippen LogP contribution is 2.30. The Kier molecular flexibility index (Phi) is 6.03. The van der Waals surface area contributed by atoms with E-state index in [1.165, 1.54) is 7.11 Å². The Morgan fingerprint density at radius 3 is 2.80 bits per heavy atom. The molecule has 1 aromatic rings. The summed E-state index contributed by atoms with van der Waals surface area (Å²) >= 11 is 11.0. The predicted octanol–water partition coefficient (Wildman–Crippen LogP) is 1.89. The van der Waals surface area contributed by atoms with Crippen LogP contribution >= 0.6 is 23.8 Å².